The average Bonchev–Trinajstić information content (AvgIpc) is 3.42. The summed E-state index contributed by atoms with van der Waals surface area (Å²) in [6, 6.07) is 13.6. The third-order valence-corrected chi connectivity index (χ3v) is 8.62. The number of likely N-dealkylation sites (tertiary alicyclic amines) is 1. The lowest BCUT2D eigenvalue weighted by atomic mass is 9.79. The fraction of sp³-hybridized carbons (Fsp3) is 0.448. The number of alkyl halides is 1. The van der Waals surface area contributed by atoms with Gasteiger partial charge in [-0.15, -0.1) is 11.3 Å². The summed E-state index contributed by atoms with van der Waals surface area (Å²) < 4.78 is 29.0. The van der Waals surface area contributed by atoms with Gasteiger partial charge in [-0.2, -0.15) is 0 Å². The number of aryl methyl sites for hydroxylation is 1. The van der Waals surface area contributed by atoms with Gasteiger partial charge in [-0.3, -0.25) is 4.79 Å². The van der Waals surface area contributed by atoms with E-state index in [2.05, 4.69) is 5.32 Å². The van der Waals surface area contributed by atoms with Crippen molar-refractivity contribution in [1.29, 1.82) is 0 Å². The van der Waals surface area contributed by atoms with E-state index in [-0.39, 0.29) is 18.9 Å². The standard InChI is InChI=1S/C29H33F2N3O2S/c1-16-10-11-18(30)13-19(16)27-33-24(22(37-27)12-17-8-6-5-7-9-17)26(29(2,3)4)34-15-20-21(31)14-32-23(20)25(35)28(34)36/h5-11,13,20-21,23,25-26,32,35H,12,14-15H2,1-4H3. The van der Waals surface area contributed by atoms with Gasteiger partial charge in [-0.25, -0.2) is 13.8 Å². The molecule has 2 N–H and O–H groups in total. The molecule has 3 heterocycles. The van der Waals surface area contributed by atoms with Crippen molar-refractivity contribution >= 4 is 17.2 Å². The Bertz CT molecular complexity index is 1290. The van der Waals surface area contributed by atoms with Gasteiger partial charge < -0.3 is 15.3 Å². The van der Waals surface area contributed by atoms with Crippen LogP contribution < -0.4 is 5.32 Å². The summed E-state index contributed by atoms with van der Waals surface area (Å²) in [4.78, 5) is 21.2. The molecule has 2 aliphatic rings. The molecule has 5 nitrogen and oxygen atoms in total. The molecule has 1 aromatic heterocycles. The minimum atomic E-state index is -1.31. The van der Waals surface area contributed by atoms with Crippen LogP contribution in [-0.2, 0) is 11.2 Å². The molecule has 5 atom stereocenters. The quantitative estimate of drug-likeness (QED) is 0.489. The molecule has 5 unspecified atom stereocenters. The average molecular weight is 526 g/mol. The molecule has 37 heavy (non-hydrogen) atoms. The molecular weight excluding hydrogens is 492 g/mol. The monoisotopic (exact) mass is 525 g/mol. The molecule has 5 rings (SSSR count). The number of hydrogen-bond donors (Lipinski definition) is 2. The number of rotatable bonds is 5. The van der Waals surface area contributed by atoms with Gasteiger partial charge in [0.25, 0.3) is 5.91 Å². The Kier molecular flexibility index (Phi) is 6.94. The van der Waals surface area contributed by atoms with Gasteiger partial charge in [-0.1, -0.05) is 57.2 Å². The van der Waals surface area contributed by atoms with E-state index in [0.717, 1.165) is 21.7 Å². The number of thiazole rings is 1. The molecule has 8 heteroatoms. The van der Waals surface area contributed by atoms with E-state index in [0.29, 0.717) is 17.0 Å². The predicted octanol–water partition coefficient (Wildman–Crippen LogP) is 5.06. The lowest BCUT2D eigenvalue weighted by Gasteiger charge is -2.46. The van der Waals surface area contributed by atoms with Crippen LogP contribution in [0.3, 0.4) is 0 Å². The highest BCUT2D eigenvalue weighted by Crippen LogP contribution is 2.45. The van der Waals surface area contributed by atoms with Gasteiger partial charge in [0.15, 0.2) is 0 Å². The van der Waals surface area contributed by atoms with Crippen molar-refractivity contribution < 1.29 is 18.7 Å². The highest BCUT2D eigenvalue weighted by atomic mass is 32.1. The number of aliphatic hydroxyl groups is 1. The zero-order valence-corrected chi connectivity index (χ0v) is 22.4. The third-order valence-electron chi connectivity index (χ3n) is 7.51. The maximum absolute atomic E-state index is 14.8. The number of carbonyl (C=O) groups excluding carboxylic acids is 1. The number of fused-ring (bicyclic) bond motifs is 1. The molecule has 2 aliphatic heterocycles. The van der Waals surface area contributed by atoms with Crippen LogP contribution in [0.4, 0.5) is 8.78 Å². The van der Waals surface area contributed by atoms with Crippen LogP contribution in [0.2, 0.25) is 0 Å². The van der Waals surface area contributed by atoms with Crippen molar-refractivity contribution in [3.05, 3.63) is 76.0 Å². The van der Waals surface area contributed by atoms with E-state index in [1.54, 1.807) is 11.0 Å². The summed E-state index contributed by atoms with van der Waals surface area (Å²) in [6.45, 7) is 8.35. The van der Waals surface area contributed by atoms with Gasteiger partial charge in [-0.05, 0) is 35.6 Å². The van der Waals surface area contributed by atoms with E-state index >= 15 is 0 Å². The summed E-state index contributed by atoms with van der Waals surface area (Å²) in [6.07, 6.45) is -1.86. The second-order valence-electron chi connectivity index (χ2n) is 11.3. The van der Waals surface area contributed by atoms with Crippen LogP contribution >= 0.6 is 11.3 Å². The molecular formula is C29H33F2N3O2S. The van der Waals surface area contributed by atoms with E-state index in [1.165, 1.54) is 23.5 Å². The molecule has 0 aliphatic carbocycles. The molecule has 2 saturated heterocycles. The second-order valence-corrected chi connectivity index (χ2v) is 12.4. The van der Waals surface area contributed by atoms with Crippen molar-refractivity contribution in [2.45, 2.75) is 58.5 Å². The Balaban J connectivity index is 1.64. The first-order valence-corrected chi connectivity index (χ1v) is 13.5. The minimum absolute atomic E-state index is 0.132. The molecule has 2 aromatic carbocycles. The van der Waals surface area contributed by atoms with E-state index in [4.69, 9.17) is 4.98 Å². The number of amides is 1. The van der Waals surface area contributed by atoms with Crippen molar-refractivity contribution in [3.8, 4) is 10.6 Å². The maximum Gasteiger partial charge on any atom is 0.253 e. The van der Waals surface area contributed by atoms with Crippen LogP contribution in [0.15, 0.2) is 48.5 Å². The zero-order valence-electron chi connectivity index (χ0n) is 21.5. The number of nitrogens with one attached hydrogen (secondary N) is 1. The van der Waals surface area contributed by atoms with Crippen LogP contribution in [-0.4, -0.2) is 52.3 Å². The fourth-order valence-electron chi connectivity index (χ4n) is 5.67. The molecule has 196 valence electrons. The molecule has 0 bridgehead atoms. The van der Waals surface area contributed by atoms with Gasteiger partial charge in [0.1, 0.15) is 23.1 Å². The Morgan fingerprint density at radius 1 is 1.22 bits per heavy atom. The number of aromatic nitrogens is 1. The van der Waals surface area contributed by atoms with Gasteiger partial charge in [0.2, 0.25) is 0 Å². The fourth-order valence-corrected chi connectivity index (χ4v) is 6.88. The molecule has 0 saturated carbocycles. The Morgan fingerprint density at radius 3 is 2.65 bits per heavy atom. The zero-order chi connectivity index (χ0) is 26.5. The SMILES string of the molecule is Cc1ccc(F)cc1-c1nc(C(N2CC3C(F)CNC3C(O)C2=O)C(C)(C)C)c(Cc2ccccc2)s1. The highest BCUT2D eigenvalue weighted by Gasteiger charge is 2.52. The van der Waals surface area contributed by atoms with Crippen molar-refractivity contribution in [2.75, 3.05) is 13.1 Å². The van der Waals surface area contributed by atoms with Gasteiger partial charge in [0, 0.05) is 41.9 Å². The molecule has 0 spiro atoms. The Labute approximate surface area is 220 Å². The van der Waals surface area contributed by atoms with Gasteiger partial charge >= 0.3 is 0 Å². The van der Waals surface area contributed by atoms with Crippen LogP contribution in [0.5, 0.6) is 0 Å². The lowest BCUT2D eigenvalue weighted by Crippen LogP contribution is -2.60. The van der Waals surface area contributed by atoms with Crippen molar-refractivity contribution in [1.82, 2.24) is 15.2 Å². The highest BCUT2D eigenvalue weighted by molar-refractivity contribution is 7.15. The number of aliphatic hydroxyl groups excluding tert-OH is 1. The first kappa shape index (κ1) is 25.9. The number of piperidine rings is 1. The number of nitrogens with zero attached hydrogens (tertiary/aromatic N) is 2. The summed E-state index contributed by atoms with van der Waals surface area (Å²) in [5, 5.41) is 14.5. The molecule has 1 amide bonds. The smallest absolute Gasteiger partial charge is 0.253 e. The van der Waals surface area contributed by atoms with Crippen LogP contribution in [0.25, 0.3) is 10.6 Å². The van der Waals surface area contributed by atoms with E-state index in [1.807, 2.05) is 58.0 Å². The first-order valence-electron chi connectivity index (χ1n) is 12.7. The largest absolute Gasteiger partial charge is 0.382 e. The van der Waals surface area contributed by atoms with E-state index in [9.17, 15) is 18.7 Å². The third kappa shape index (κ3) is 4.94. The first-order chi connectivity index (χ1) is 17.5. The van der Waals surface area contributed by atoms with Crippen LogP contribution in [0.1, 0.15) is 48.5 Å². The summed E-state index contributed by atoms with van der Waals surface area (Å²) >= 11 is 1.50. The normalized spacial score (nSPS) is 24.8. The van der Waals surface area contributed by atoms with Crippen molar-refractivity contribution in [3.63, 3.8) is 0 Å². The summed E-state index contributed by atoms with van der Waals surface area (Å²) in [5.41, 5.74) is 2.97. The lowest BCUT2D eigenvalue weighted by molar-refractivity contribution is -0.155. The Hall–Kier alpha value is -2.68. The second kappa shape index (κ2) is 9.89. The topological polar surface area (TPSA) is 65.5 Å². The summed E-state index contributed by atoms with van der Waals surface area (Å²) in [7, 11) is 0. The number of halogens is 2. The molecule has 2 fully saturated rings. The minimum Gasteiger partial charge on any atom is -0.382 e. The molecule has 0 radical (unpaired) electrons. The van der Waals surface area contributed by atoms with Gasteiger partial charge in [0.05, 0.1) is 11.7 Å². The predicted molar refractivity (Wildman–Crippen MR) is 142 cm³/mol. The Morgan fingerprint density at radius 2 is 1.95 bits per heavy atom. The summed E-state index contributed by atoms with van der Waals surface area (Å²) in [5.74, 6) is -1.24. The number of hydrogen-bond acceptors (Lipinski definition) is 5. The van der Waals surface area contributed by atoms with Crippen molar-refractivity contribution in [2.24, 2.45) is 11.3 Å². The maximum atomic E-state index is 14.8. The number of benzene rings is 2. The van der Waals surface area contributed by atoms with Crippen LogP contribution in [0, 0.1) is 24.1 Å². The van der Waals surface area contributed by atoms with E-state index < -0.39 is 41.6 Å². The molecule has 3 aromatic rings. The number of carbonyl (C=O) groups is 1.